The number of nitriles is 1. The van der Waals surface area contributed by atoms with Gasteiger partial charge >= 0.3 is 7.48 Å². The van der Waals surface area contributed by atoms with Gasteiger partial charge in [-0.15, -0.1) is 0 Å². The Balaban J connectivity index is 1.92. The number of aromatic nitrogens is 2. The van der Waals surface area contributed by atoms with Crippen LogP contribution < -0.4 is 5.46 Å². The van der Waals surface area contributed by atoms with Crippen LogP contribution in [0.1, 0.15) is 11.1 Å². The molecular formula is C15H12BN3O. The van der Waals surface area contributed by atoms with E-state index < -0.39 is 0 Å². The molecule has 96 valence electrons. The highest BCUT2D eigenvalue weighted by atomic mass is 16.2. The molecule has 1 heterocycles. The van der Waals surface area contributed by atoms with E-state index in [2.05, 4.69) is 11.1 Å². The molecular weight excluding hydrogens is 249 g/mol. The fraction of sp³-hybridized carbons (Fsp3) is 0.0667. The minimum absolute atomic E-state index is 0.0607. The summed E-state index contributed by atoms with van der Waals surface area (Å²) in [6, 6.07) is 15.5. The third-order valence-electron chi connectivity index (χ3n) is 3.31. The van der Waals surface area contributed by atoms with E-state index in [4.69, 9.17) is 10.3 Å². The van der Waals surface area contributed by atoms with Crippen LogP contribution >= 0.6 is 0 Å². The van der Waals surface area contributed by atoms with Gasteiger partial charge in [0.15, 0.2) is 0 Å². The van der Waals surface area contributed by atoms with Crippen LogP contribution in [0.2, 0.25) is 0 Å². The molecule has 0 aliphatic rings. The van der Waals surface area contributed by atoms with Crippen molar-refractivity contribution < 1.29 is 5.02 Å². The van der Waals surface area contributed by atoms with Gasteiger partial charge in [0.05, 0.1) is 29.0 Å². The molecule has 0 saturated heterocycles. The standard InChI is InChI=1S/C15H12BN3O/c17-8-12-3-6-15-14(7-12)18-10-19(15)9-11-1-4-13(16-20)5-2-11/h1-7,10,16,20H,9H2. The van der Waals surface area contributed by atoms with E-state index >= 15 is 0 Å². The Labute approximate surface area is 117 Å². The Bertz CT molecular complexity index is 787. The summed E-state index contributed by atoms with van der Waals surface area (Å²) < 4.78 is 2.05. The van der Waals surface area contributed by atoms with Crippen molar-refractivity contribution in [3.05, 3.63) is 59.9 Å². The fourth-order valence-corrected chi connectivity index (χ4v) is 2.21. The van der Waals surface area contributed by atoms with E-state index in [1.165, 1.54) is 0 Å². The molecule has 0 aliphatic heterocycles. The lowest BCUT2D eigenvalue weighted by molar-refractivity contribution is 0.615. The molecule has 1 N–H and O–H groups in total. The van der Waals surface area contributed by atoms with Crippen LogP contribution in [-0.2, 0) is 6.54 Å². The molecule has 0 saturated carbocycles. The van der Waals surface area contributed by atoms with Gasteiger partial charge in [0, 0.05) is 6.54 Å². The average molecular weight is 261 g/mol. The SMILES string of the molecule is N#Cc1ccc2c(c1)ncn2Cc1ccc(BO)cc1. The van der Waals surface area contributed by atoms with E-state index in [9.17, 15) is 0 Å². The summed E-state index contributed by atoms with van der Waals surface area (Å²) in [5.41, 5.74) is 4.51. The average Bonchev–Trinajstić information content (AvgIpc) is 2.90. The molecule has 0 atom stereocenters. The van der Waals surface area contributed by atoms with Crippen LogP contribution in [0.25, 0.3) is 11.0 Å². The maximum atomic E-state index is 9.03. The number of imidazole rings is 1. The highest BCUT2D eigenvalue weighted by molar-refractivity contribution is 6.45. The van der Waals surface area contributed by atoms with Crippen LogP contribution in [0.4, 0.5) is 0 Å². The Hall–Kier alpha value is -2.58. The van der Waals surface area contributed by atoms with Crippen molar-refractivity contribution in [3.8, 4) is 6.07 Å². The van der Waals surface area contributed by atoms with Crippen molar-refractivity contribution in [1.82, 2.24) is 9.55 Å². The predicted octanol–water partition coefficient (Wildman–Crippen LogP) is 0.925. The van der Waals surface area contributed by atoms with Crippen LogP contribution in [0.3, 0.4) is 0 Å². The lowest BCUT2D eigenvalue weighted by atomic mass is 9.88. The Morgan fingerprint density at radius 3 is 2.70 bits per heavy atom. The molecule has 0 fully saturated rings. The van der Waals surface area contributed by atoms with Crippen molar-refractivity contribution in [1.29, 1.82) is 5.26 Å². The monoisotopic (exact) mass is 261 g/mol. The second kappa shape index (κ2) is 5.20. The van der Waals surface area contributed by atoms with Gasteiger partial charge in [0.2, 0.25) is 0 Å². The molecule has 0 aliphatic carbocycles. The van der Waals surface area contributed by atoms with Crippen molar-refractivity contribution in [2.24, 2.45) is 0 Å². The summed E-state index contributed by atoms with van der Waals surface area (Å²) in [5.74, 6) is 0. The number of benzene rings is 2. The quantitative estimate of drug-likeness (QED) is 0.713. The zero-order chi connectivity index (χ0) is 13.9. The van der Waals surface area contributed by atoms with Crippen LogP contribution in [0.5, 0.6) is 0 Å². The summed E-state index contributed by atoms with van der Waals surface area (Å²) in [6.45, 7) is 0.716. The number of fused-ring (bicyclic) bond motifs is 1. The van der Waals surface area contributed by atoms with Gasteiger partial charge in [-0.05, 0) is 23.8 Å². The van der Waals surface area contributed by atoms with Gasteiger partial charge in [-0.3, -0.25) is 0 Å². The lowest BCUT2D eigenvalue weighted by Crippen LogP contribution is -2.12. The summed E-state index contributed by atoms with van der Waals surface area (Å²) in [6.07, 6.45) is 1.78. The molecule has 20 heavy (non-hydrogen) atoms. The summed E-state index contributed by atoms with van der Waals surface area (Å²) in [5, 5.41) is 17.9. The second-order valence-electron chi connectivity index (χ2n) is 4.66. The second-order valence-corrected chi connectivity index (χ2v) is 4.66. The minimum atomic E-state index is 0.0607. The number of hydrogen-bond donors (Lipinski definition) is 1. The predicted molar refractivity (Wildman–Crippen MR) is 79.0 cm³/mol. The zero-order valence-electron chi connectivity index (χ0n) is 10.8. The first-order valence-electron chi connectivity index (χ1n) is 6.34. The highest BCUT2D eigenvalue weighted by Gasteiger charge is 2.04. The summed E-state index contributed by atoms with van der Waals surface area (Å²) >= 11 is 0. The van der Waals surface area contributed by atoms with Gasteiger partial charge in [-0.1, -0.05) is 29.7 Å². The topological polar surface area (TPSA) is 61.8 Å². The fourth-order valence-electron chi connectivity index (χ4n) is 2.21. The highest BCUT2D eigenvalue weighted by Crippen LogP contribution is 2.16. The maximum Gasteiger partial charge on any atom is 0.304 e. The van der Waals surface area contributed by atoms with E-state index in [1.54, 1.807) is 18.5 Å². The third-order valence-corrected chi connectivity index (χ3v) is 3.31. The van der Waals surface area contributed by atoms with Crippen molar-refractivity contribution in [3.63, 3.8) is 0 Å². The van der Waals surface area contributed by atoms with Crippen LogP contribution in [-0.4, -0.2) is 22.1 Å². The molecule has 0 radical (unpaired) electrons. The Morgan fingerprint density at radius 1 is 1.20 bits per heavy atom. The minimum Gasteiger partial charge on any atom is -0.449 e. The molecule has 3 aromatic rings. The van der Waals surface area contributed by atoms with Crippen LogP contribution in [0, 0.1) is 11.3 Å². The molecule has 2 aromatic carbocycles. The Kier molecular flexibility index (Phi) is 3.24. The third kappa shape index (κ3) is 2.29. The molecule has 1 aromatic heterocycles. The van der Waals surface area contributed by atoms with Gasteiger partial charge in [-0.25, -0.2) is 4.98 Å². The number of rotatable bonds is 3. The molecule has 0 spiro atoms. The Morgan fingerprint density at radius 2 is 2.00 bits per heavy atom. The lowest BCUT2D eigenvalue weighted by Gasteiger charge is -2.05. The summed E-state index contributed by atoms with van der Waals surface area (Å²) in [4.78, 5) is 4.33. The molecule has 4 nitrogen and oxygen atoms in total. The molecule has 0 unspecified atom stereocenters. The van der Waals surface area contributed by atoms with Crippen molar-refractivity contribution in [2.75, 3.05) is 0 Å². The van der Waals surface area contributed by atoms with Crippen molar-refractivity contribution >= 4 is 24.0 Å². The van der Waals surface area contributed by atoms with E-state index in [0.717, 1.165) is 22.1 Å². The normalized spacial score (nSPS) is 10.4. The molecule has 3 rings (SSSR count). The van der Waals surface area contributed by atoms with Gasteiger partial charge in [0.25, 0.3) is 0 Å². The maximum absolute atomic E-state index is 9.03. The first-order chi connectivity index (χ1) is 9.80. The van der Waals surface area contributed by atoms with E-state index in [-0.39, 0.29) is 7.48 Å². The number of hydrogen-bond acceptors (Lipinski definition) is 3. The first-order valence-corrected chi connectivity index (χ1v) is 6.34. The van der Waals surface area contributed by atoms with Gasteiger partial charge in [0.1, 0.15) is 0 Å². The molecule has 0 amide bonds. The van der Waals surface area contributed by atoms with E-state index in [1.807, 2.05) is 34.9 Å². The molecule has 0 bridgehead atoms. The smallest absolute Gasteiger partial charge is 0.304 e. The van der Waals surface area contributed by atoms with Crippen molar-refractivity contribution in [2.45, 2.75) is 6.54 Å². The zero-order valence-corrected chi connectivity index (χ0v) is 10.8. The molecule has 5 heteroatoms. The first kappa shape index (κ1) is 12.5. The van der Waals surface area contributed by atoms with Gasteiger partial charge < -0.3 is 9.59 Å². The van der Waals surface area contributed by atoms with E-state index in [0.29, 0.717) is 12.1 Å². The van der Waals surface area contributed by atoms with Crippen LogP contribution in [0.15, 0.2) is 48.8 Å². The van der Waals surface area contributed by atoms with Gasteiger partial charge in [-0.2, -0.15) is 5.26 Å². The number of nitrogens with zero attached hydrogens (tertiary/aromatic N) is 3. The largest absolute Gasteiger partial charge is 0.449 e. The summed E-state index contributed by atoms with van der Waals surface area (Å²) in [7, 11) is 0.0607.